The zero-order valence-electron chi connectivity index (χ0n) is 12.0. The number of hydrogen-bond acceptors (Lipinski definition) is 3. The van der Waals surface area contributed by atoms with Gasteiger partial charge in [0.1, 0.15) is 5.75 Å². The molecule has 0 spiro atoms. The molecule has 1 amide bonds. The quantitative estimate of drug-likeness (QED) is 0.757. The maximum atomic E-state index is 11.9. The molecule has 1 rings (SSSR count). The first kappa shape index (κ1) is 17.3. The van der Waals surface area contributed by atoms with Crippen LogP contribution in [0.1, 0.15) is 13.3 Å². The summed E-state index contributed by atoms with van der Waals surface area (Å²) in [4.78, 5) is 14.0. The fraction of sp³-hybridized carbons (Fsp3) is 0.500. The molecule has 0 radical (unpaired) electrons. The number of halogens is 2. The number of rotatable bonds is 7. The van der Waals surface area contributed by atoms with E-state index >= 15 is 0 Å². The average molecular weight is 364 g/mol. The number of carbonyl (C=O) groups excluding carboxylic acids is 1. The molecule has 0 aliphatic heterocycles. The number of nitrogens with zero attached hydrogens (tertiary/aromatic N) is 1. The monoisotopic (exact) mass is 362 g/mol. The molecule has 0 heterocycles. The first-order valence-electron chi connectivity index (χ1n) is 6.44. The van der Waals surface area contributed by atoms with Gasteiger partial charge >= 0.3 is 0 Å². The van der Waals surface area contributed by atoms with Gasteiger partial charge in [-0.25, -0.2) is 0 Å². The normalized spacial score (nSPS) is 12.3. The zero-order valence-corrected chi connectivity index (χ0v) is 14.3. The minimum atomic E-state index is -0.549. The molecule has 0 aromatic heterocycles. The highest BCUT2D eigenvalue weighted by molar-refractivity contribution is 9.10. The van der Waals surface area contributed by atoms with E-state index in [1.807, 2.05) is 14.1 Å². The molecule has 0 bridgehead atoms. The predicted molar refractivity (Wildman–Crippen MR) is 85.4 cm³/mol. The summed E-state index contributed by atoms with van der Waals surface area (Å²) in [6, 6.07) is 5.20. The smallest absolute Gasteiger partial charge is 0.260 e. The SMILES string of the molecule is CC(Oc1ccc(Cl)cc1Br)C(=O)NCCCN(C)C. The summed E-state index contributed by atoms with van der Waals surface area (Å²) in [6.07, 6.45) is 0.364. The van der Waals surface area contributed by atoms with Crippen molar-refractivity contribution in [3.8, 4) is 5.75 Å². The Balaban J connectivity index is 2.41. The fourth-order valence-corrected chi connectivity index (χ4v) is 2.34. The van der Waals surface area contributed by atoms with Gasteiger partial charge in [-0.15, -0.1) is 0 Å². The van der Waals surface area contributed by atoms with E-state index in [2.05, 4.69) is 26.1 Å². The van der Waals surface area contributed by atoms with Crippen molar-refractivity contribution < 1.29 is 9.53 Å². The lowest BCUT2D eigenvalue weighted by atomic mass is 10.3. The maximum Gasteiger partial charge on any atom is 0.260 e. The second-order valence-corrected chi connectivity index (χ2v) is 6.07. The molecule has 0 saturated carbocycles. The molecule has 0 fully saturated rings. The van der Waals surface area contributed by atoms with E-state index in [1.165, 1.54) is 0 Å². The van der Waals surface area contributed by atoms with E-state index in [1.54, 1.807) is 25.1 Å². The molecule has 0 aliphatic carbocycles. The number of hydrogen-bond donors (Lipinski definition) is 1. The molecule has 6 heteroatoms. The van der Waals surface area contributed by atoms with E-state index < -0.39 is 6.10 Å². The van der Waals surface area contributed by atoms with Crippen LogP contribution in [0, 0.1) is 0 Å². The number of carbonyl (C=O) groups is 1. The van der Waals surface area contributed by atoms with Crippen LogP contribution in [0.2, 0.25) is 5.02 Å². The Hall–Kier alpha value is -0.780. The van der Waals surface area contributed by atoms with Crippen LogP contribution in [0.5, 0.6) is 5.75 Å². The minimum Gasteiger partial charge on any atom is -0.480 e. The Labute approximate surface area is 133 Å². The molecule has 1 unspecified atom stereocenters. The van der Waals surface area contributed by atoms with E-state index in [0.29, 0.717) is 17.3 Å². The van der Waals surface area contributed by atoms with Crippen molar-refractivity contribution >= 4 is 33.4 Å². The van der Waals surface area contributed by atoms with E-state index in [0.717, 1.165) is 17.4 Å². The number of nitrogens with one attached hydrogen (secondary N) is 1. The molecule has 1 N–H and O–H groups in total. The summed E-state index contributed by atoms with van der Waals surface area (Å²) in [5, 5.41) is 3.47. The van der Waals surface area contributed by atoms with Gasteiger partial charge in [0.05, 0.1) is 4.47 Å². The third kappa shape index (κ3) is 6.11. The molecular formula is C14H20BrClN2O2. The Morgan fingerprint density at radius 3 is 2.80 bits per heavy atom. The van der Waals surface area contributed by atoms with Crippen LogP contribution < -0.4 is 10.1 Å². The first-order chi connectivity index (χ1) is 9.40. The van der Waals surface area contributed by atoms with Crippen molar-refractivity contribution in [1.29, 1.82) is 0 Å². The van der Waals surface area contributed by atoms with Crippen LogP contribution in [-0.2, 0) is 4.79 Å². The number of ether oxygens (including phenoxy) is 1. The number of benzene rings is 1. The lowest BCUT2D eigenvalue weighted by Crippen LogP contribution is -2.37. The van der Waals surface area contributed by atoms with Crippen molar-refractivity contribution in [3.05, 3.63) is 27.7 Å². The lowest BCUT2D eigenvalue weighted by molar-refractivity contribution is -0.127. The summed E-state index contributed by atoms with van der Waals surface area (Å²) < 4.78 is 6.35. The largest absolute Gasteiger partial charge is 0.480 e. The van der Waals surface area contributed by atoms with Crippen LogP contribution in [0.15, 0.2) is 22.7 Å². The highest BCUT2D eigenvalue weighted by Crippen LogP contribution is 2.28. The Bertz CT molecular complexity index is 455. The first-order valence-corrected chi connectivity index (χ1v) is 7.61. The van der Waals surface area contributed by atoms with Gasteiger partial charge in [0.25, 0.3) is 5.91 Å². The summed E-state index contributed by atoms with van der Waals surface area (Å²) in [5.41, 5.74) is 0. The van der Waals surface area contributed by atoms with Crippen molar-refractivity contribution in [2.45, 2.75) is 19.4 Å². The second-order valence-electron chi connectivity index (χ2n) is 4.78. The summed E-state index contributed by atoms with van der Waals surface area (Å²) in [7, 11) is 4.01. The molecule has 1 atom stereocenters. The molecule has 0 aliphatic rings. The number of amides is 1. The Morgan fingerprint density at radius 2 is 2.20 bits per heavy atom. The standard InChI is InChI=1S/C14H20BrClN2O2/c1-10(14(19)17-7-4-8-18(2)3)20-13-6-5-11(16)9-12(13)15/h5-6,9-10H,4,7-8H2,1-3H3,(H,17,19). The highest BCUT2D eigenvalue weighted by atomic mass is 79.9. The van der Waals surface area contributed by atoms with Gasteiger partial charge in [0.15, 0.2) is 6.10 Å². The average Bonchev–Trinajstić information content (AvgIpc) is 2.37. The van der Waals surface area contributed by atoms with Crippen molar-refractivity contribution in [1.82, 2.24) is 10.2 Å². The van der Waals surface area contributed by atoms with Crippen molar-refractivity contribution in [2.75, 3.05) is 27.2 Å². The van der Waals surface area contributed by atoms with Gasteiger partial charge < -0.3 is 15.0 Å². The van der Waals surface area contributed by atoms with Crippen molar-refractivity contribution in [3.63, 3.8) is 0 Å². The lowest BCUT2D eigenvalue weighted by Gasteiger charge is -2.16. The fourth-order valence-electron chi connectivity index (χ4n) is 1.57. The molecule has 1 aromatic rings. The van der Waals surface area contributed by atoms with E-state index in [4.69, 9.17) is 16.3 Å². The molecule has 0 saturated heterocycles. The van der Waals surface area contributed by atoms with Gasteiger partial charge in [-0.05, 0) is 68.1 Å². The van der Waals surface area contributed by atoms with E-state index in [9.17, 15) is 4.79 Å². The topological polar surface area (TPSA) is 41.6 Å². The Kier molecular flexibility index (Phi) is 7.34. The Morgan fingerprint density at radius 1 is 1.50 bits per heavy atom. The molecule has 4 nitrogen and oxygen atoms in total. The van der Waals surface area contributed by atoms with Gasteiger partial charge in [0.2, 0.25) is 0 Å². The third-order valence-corrected chi connectivity index (χ3v) is 3.50. The van der Waals surface area contributed by atoms with E-state index in [-0.39, 0.29) is 5.91 Å². The minimum absolute atomic E-state index is 0.120. The zero-order chi connectivity index (χ0) is 15.1. The summed E-state index contributed by atoms with van der Waals surface area (Å²) >= 11 is 9.22. The van der Waals surface area contributed by atoms with Crippen molar-refractivity contribution in [2.24, 2.45) is 0 Å². The van der Waals surface area contributed by atoms with Crippen LogP contribution in [0.3, 0.4) is 0 Å². The van der Waals surface area contributed by atoms with Gasteiger partial charge in [0, 0.05) is 11.6 Å². The molecule has 112 valence electrons. The van der Waals surface area contributed by atoms with Crippen LogP contribution in [-0.4, -0.2) is 44.1 Å². The third-order valence-electron chi connectivity index (χ3n) is 2.65. The molecule has 20 heavy (non-hydrogen) atoms. The van der Waals surface area contributed by atoms with Crippen LogP contribution in [0.25, 0.3) is 0 Å². The van der Waals surface area contributed by atoms with Crippen LogP contribution in [0.4, 0.5) is 0 Å². The second kappa shape index (κ2) is 8.49. The van der Waals surface area contributed by atoms with Gasteiger partial charge in [-0.2, -0.15) is 0 Å². The predicted octanol–water partition coefficient (Wildman–Crippen LogP) is 2.94. The maximum absolute atomic E-state index is 11.9. The van der Waals surface area contributed by atoms with Gasteiger partial charge in [-0.1, -0.05) is 11.6 Å². The summed E-state index contributed by atoms with van der Waals surface area (Å²) in [6.45, 7) is 3.31. The van der Waals surface area contributed by atoms with Crippen LogP contribution >= 0.6 is 27.5 Å². The van der Waals surface area contributed by atoms with Gasteiger partial charge in [-0.3, -0.25) is 4.79 Å². The molecular weight excluding hydrogens is 344 g/mol. The molecule has 1 aromatic carbocycles. The summed E-state index contributed by atoms with van der Waals surface area (Å²) in [5.74, 6) is 0.482. The highest BCUT2D eigenvalue weighted by Gasteiger charge is 2.15.